The minimum atomic E-state index is -1.18. The molecule has 0 aliphatic rings. The largest absolute Gasteiger partial charge is 0.465 e. The normalized spacial score (nSPS) is 12.7. The van der Waals surface area contributed by atoms with Gasteiger partial charge in [0.25, 0.3) is 5.91 Å². The molecule has 7 heteroatoms. The highest BCUT2D eigenvalue weighted by Crippen LogP contribution is 2.17. The number of amides is 3. The van der Waals surface area contributed by atoms with E-state index in [1.807, 2.05) is 13.8 Å². The highest BCUT2D eigenvalue weighted by molar-refractivity contribution is 5.88. The van der Waals surface area contributed by atoms with Gasteiger partial charge in [-0.1, -0.05) is 26.7 Å². The maximum absolute atomic E-state index is 12.1. The third kappa shape index (κ3) is 6.88. The first-order chi connectivity index (χ1) is 10.6. The maximum Gasteiger partial charge on any atom is 0.408 e. The number of carboxylic acid groups (broad SMARTS) is 1. The minimum Gasteiger partial charge on any atom is -0.465 e. The van der Waals surface area contributed by atoms with Gasteiger partial charge in [0, 0.05) is 11.5 Å². The Bertz CT molecular complexity index is 412. The molecule has 23 heavy (non-hydrogen) atoms. The standard InChI is InChI=1S/C16H31N3O4/c1-7-9-12(10-8-2)14(21)18-17-13(20)11(3)19(15(22)23)16(4,5)6/h11-12H,7-10H2,1-6H3,(H,17,20)(H,18,21)(H,22,23)/t11-/m0/s1. The van der Waals surface area contributed by atoms with Crippen molar-refractivity contribution in [2.24, 2.45) is 5.92 Å². The van der Waals surface area contributed by atoms with Gasteiger partial charge in [0.05, 0.1) is 0 Å². The van der Waals surface area contributed by atoms with Crippen LogP contribution in [0.4, 0.5) is 4.79 Å². The molecule has 0 radical (unpaired) electrons. The molecule has 0 heterocycles. The molecule has 0 rings (SSSR count). The molecule has 0 fully saturated rings. The number of hydrazine groups is 1. The summed E-state index contributed by atoms with van der Waals surface area (Å²) >= 11 is 0. The fourth-order valence-electron chi connectivity index (χ4n) is 2.58. The minimum absolute atomic E-state index is 0.140. The topological polar surface area (TPSA) is 98.7 Å². The lowest BCUT2D eigenvalue weighted by Crippen LogP contribution is -2.58. The van der Waals surface area contributed by atoms with Crippen molar-refractivity contribution in [1.29, 1.82) is 0 Å². The van der Waals surface area contributed by atoms with Crippen LogP contribution in [0.25, 0.3) is 0 Å². The van der Waals surface area contributed by atoms with Gasteiger partial charge in [-0.05, 0) is 40.5 Å². The van der Waals surface area contributed by atoms with E-state index >= 15 is 0 Å². The lowest BCUT2D eigenvalue weighted by molar-refractivity contribution is -0.134. The van der Waals surface area contributed by atoms with E-state index in [1.54, 1.807) is 20.8 Å². The molecular weight excluding hydrogens is 298 g/mol. The van der Waals surface area contributed by atoms with Gasteiger partial charge >= 0.3 is 6.09 Å². The fourth-order valence-corrected chi connectivity index (χ4v) is 2.58. The summed E-state index contributed by atoms with van der Waals surface area (Å²) in [6.45, 7) is 10.6. The number of carbonyl (C=O) groups excluding carboxylic acids is 2. The van der Waals surface area contributed by atoms with Crippen LogP contribution in [0.15, 0.2) is 0 Å². The summed E-state index contributed by atoms with van der Waals surface area (Å²) in [5, 5.41) is 9.29. The molecule has 0 saturated heterocycles. The Morgan fingerprint density at radius 2 is 1.43 bits per heavy atom. The molecule has 0 aliphatic heterocycles. The van der Waals surface area contributed by atoms with Crippen LogP contribution in [-0.4, -0.2) is 39.5 Å². The molecule has 0 saturated carbocycles. The van der Waals surface area contributed by atoms with Crippen LogP contribution in [0.5, 0.6) is 0 Å². The Hall–Kier alpha value is -1.79. The Labute approximate surface area is 138 Å². The van der Waals surface area contributed by atoms with Crippen LogP contribution in [0.2, 0.25) is 0 Å². The lowest BCUT2D eigenvalue weighted by Gasteiger charge is -2.37. The molecule has 3 N–H and O–H groups in total. The zero-order chi connectivity index (χ0) is 18.2. The van der Waals surface area contributed by atoms with E-state index in [1.165, 1.54) is 6.92 Å². The van der Waals surface area contributed by atoms with E-state index in [0.717, 1.165) is 30.6 Å². The maximum atomic E-state index is 12.1. The molecule has 0 unspecified atom stereocenters. The molecule has 1 atom stereocenters. The van der Waals surface area contributed by atoms with Crippen LogP contribution in [0.1, 0.15) is 67.2 Å². The van der Waals surface area contributed by atoms with Crippen molar-refractivity contribution in [1.82, 2.24) is 15.8 Å². The second-order valence-corrected chi connectivity index (χ2v) is 6.75. The van der Waals surface area contributed by atoms with Gasteiger partial charge in [-0.3, -0.25) is 25.3 Å². The fraction of sp³-hybridized carbons (Fsp3) is 0.812. The van der Waals surface area contributed by atoms with Gasteiger partial charge in [-0.2, -0.15) is 0 Å². The second kappa shape index (κ2) is 9.37. The molecule has 134 valence electrons. The zero-order valence-corrected chi connectivity index (χ0v) is 15.1. The molecule has 0 aromatic carbocycles. The average Bonchev–Trinajstić information content (AvgIpc) is 2.42. The molecule has 0 spiro atoms. The van der Waals surface area contributed by atoms with E-state index in [-0.39, 0.29) is 11.8 Å². The number of rotatable bonds is 7. The predicted octanol–water partition coefficient (Wildman–Crippen LogP) is 2.52. The second-order valence-electron chi connectivity index (χ2n) is 6.75. The smallest absolute Gasteiger partial charge is 0.408 e. The highest BCUT2D eigenvalue weighted by Gasteiger charge is 2.34. The molecular formula is C16H31N3O4. The first-order valence-electron chi connectivity index (χ1n) is 8.18. The number of nitrogens with one attached hydrogen (secondary N) is 2. The van der Waals surface area contributed by atoms with E-state index < -0.39 is 23.6 Å². The molecule has 0 aromatic heterocycles. The summed E-state index contributed by atoms with van der Waals surface area (Å²) in [4.78, 5) is 36.7. The SMILES string of the molecule is CCCC(CCC)C(=O)NNC(=O)[C@H](C)N(C(=O)O)C(C)(C)C. The van der Waals surface area contributed by atoms with Crippen LogP contribution in [0, 0.1) is 5.92 Å². The van der Waals surface area contributed by atoms with Crippen LogP contribution in [-0.2, 0) is 9.59 Å². The molecule has 0 aromatic rings. The average molecular weight is 329 g/mol. The third-order valence-corrected chi connectivity index (χ3v) is 3.65. The van der Waals surface area contributed by atoms with Crippen molar-refractivity contribution in [3.63, 3.8) is 0 Å². The monoisotopic (exact) mass is 329 g/mol. The Balaban J connectivity index is 4.74. The summed E-state index contributed by atoms with van der Waals surface area (Å²) in [5.41, 5.74) is 4.04. The van der Waals surface area contributed by atoms with E-state index in [2.05, 4.69) is 10.9 Å². The summed E-state index contributed by atoms with van der Waals surface area (Å²) in [5.74, 6) is -0.923. The number of carbonyl (C=O) groups is 3. The Morgan fingerprint density at radius 3 is 1.78 bits per heavy atom. The van der Waals surface area contributed by atoms with Gasteiger partial charge in [0.1, 0.15) is 6.04 Å². The van der Waals surface area contributed by atoms with Gasteiger partial charge in [-0.25, -0.2) is 4.79 Å². The Morgan fingerprint density at radius 1 is 1.00 bits per heavy atom. The lowest BCUT2D eigenvalue weighted by atomic mass is 9.98. The zero-order valence-electron chi connectivity index (χ0n) is 15.1. The summed E-state index contributed by atoms with van der Waals surface area (Å²) in [7, 11) is 0. The number of hydrogen-bond acceptors (Lipinski definition) is 3. The van der Waals surface area contributed by atoms with Crippen molar-refractivity contribution in [2.45, 2.75) is 78.8 Å². The number of hydrogen-bond donors (Lipinski definition) is 3. The first kappa shape index (κ1) is 21.2. The van der Waals surface area contributed by atoms with Gasteiger partial charge < -0.3 is 5.11 Å². The van der Waals surface area contributed by atoms with E-state index in [9.17, 15) is 19.5 Å². The molecule has 3 amide bonds. The van der Waals surface area contributed by atoms with Crippen LogP contribution >= 0.6 is 0 Å². The van der Waals surface area contributed by atoms with Crippen molar-refractivity contribution in [3.8, 4) is 0 Å². The summed E-state index contributed by atoms with van der Waals surface area (Å²) in [6, 6.07) is -0.913. The van der Waals surface area contributed by atoms with Gasteiger partial charge in [-0.15, -0.1) is 0 Å². The third-order valence-electron chi connectivity index (χ3n) is 3.65. The number of nitrogens with zero attached hydrogens (tertiary/aromatic N) is 1. The highest BCUT2D eigenvalue weighted by atomic mass is 16.4. The molecule has 0 bridgehead atoms. The van der Waals surface area contributed by atoms with Crippen molar-refractivity contribution in [3.05, 3.63) is 0 Å². The van der Waals surface area contributed by atoms with Gasteiger partial charge in [0.15, 0.2) is 0 Å². The predicted molar refractivity (Wildman–Crippen MR) is 88.7 cm³/mol. The van der Waals surface area contributed by atoms with Crippen molar-refractivity contribution in [2.75, 3.05) is 0 Å². The Kier molecular flexibility index (Phi) is 8.64. The van der Waals surface area contributed by atoms with Crippen LogP contribution < -0.4 is 10.9 Å². The summed E-state index contributed by atoms with van der Waals surface area (Å²) in [6.07, 6.45) is 2.11. The van der Waals surface area contributed by atoms with Crippen molar-refractivity contribution < 1.29 is 19.5 Å². The van der Waals surface area contributed by atoms with Crippen LogP contribution in [0.3, 0.4) is 0 Å². The van der Waals surface area contributed by atoms with E-state index in [4.69, 9.17) is 0 Å². The first-order valence-corrected chi connectivity index (χ1v) is 8.18. The molecule has 0 aliphatic carbocycles. The van der Waals surface area contributed by atoms with Crippen molar-refractivity contribution >= 4 is 17.9 Å². The summed E-state index contributed by atoms with van der Waals surface area (Å²) < 4.78 is 0. The van der Waals surface area contributed by atoms with E-state index in [0.29, 0.717) is 0 Å². The quantitative estimate of drug-likeness (QED) is 0.625. The van der Waals surface area contributed by atoms with Gasteiger partial charge in [0.2, 0.25) is 5.91 Å². The molecule has 7 nitrogen and oxygen atoms in total.